The third-order valence-corrected chi connectivity index (χ3v) is 1.67. The maximum Gasteiger partial charge on any atom is 0.306 e. The van der Waals surface area contributed by atoms with E-state index in [1.165, 1.54) is 0 Å². The van der Waals surface area contributed by atoms with Crippen LogP contribution in [0.15, 0.2) is 12.2 Å². The Kier molecular flexibility index (Phi) is 3.77. The molecule has 0 rings (SSSR count). The molecule has 58 valence electrons. The first kappa shape index (κ1) is 9.21. The van der Waals surface area contributed by atoms with Crippen LogP contribution in [0.1, 0.15) is 20.8 Å². The van der Waals surface area contributed by atoms with E-state index >= 15 is 0 Å². The predicted molar refractivity (Wildman–Crippen MR) is 40.8 cm³/mol. The van der Waals surface area contributed by atoms with Crippen molar-refractivity contribution < 1.29 is 9.90 Å². The number of carbonyl (C=O) groups is 1. The van der Waals surface area contributed by atoms with Gasteiger partial charge in [-0.3, -0.25) is 4.79 Å². The minimum Gasteiger partial charge on any atom is -0.481 e. The highest BCUT2D eigenvalue weighted by atomic mass is 16.4. The van der Waals surface area contributed by atoms with E-state index in [1.54, 1.807) is 6.92 Å². The summed E-state index contributed by atoms with van der Waals surface area (Å²) in [4.78, 5) is 10.4. The summed E-state index contributed by atoms with van der Waals surface area (Å²) in [6.45, 7) is 5.51. The van der Waals surface area contributed by atoms with Crippen LogP contribution in [-0.4, -0.2) is 11.1 Å². The molecule has 0 aromatic rings. The molecule has 1 N–H and O–H groups in total. The molecular weight excluding hydrogens is 128 g/mol. The fourth-order valence-corrected chi connectivity index (χ4v) is 0.695. The van der Waals surface area contributed by atoms with Crippen molar-refractivity contribution in [2.24, 2.45) is 11.8 Å². The molecule has 0 amide bonds. The molecule has 0 aromatic heterocycles. The van der Waals surface area contributed by atoms with Crippen LogP contribution >= 0.6 is 0 Å². The lowest BCUT2D eigenvalue weighted by Crippen LogP contribution is -2.16. The van der Waals surface area contributed by atoms with Crippen molar-refractivity contribution >= 4 is 5.97 Å². The first-order chi connectivity index (χ1) is 4.59. The molecule has 2 atom stereocenters. The highest BCUT2D eigenvalue weighted by Gasteiger charge is 2.15. The van der Waals surface area contributed by atoms with Gasteiger partial charge in [0.2, 0.25) is 0 Å². The van der Waals surface area contributed by atoms with Gasteiger partial charge in [0.25, 0.3) is 0 Å². The number of hydrogen-bond acceptors (Lipinski definition) is 1. The molecule has 0 heterocycles. The summed E-state index contributed by atoms with van der Waals surface area (Å²) in [5, 5.41) is 8.55. The zero-order valence-corrected chi connectivity index (χ0v) is 6.66. The van der Waals surface area contributed by atoms with Crippen LogP contribution in [0, 0.1) is 11.8 Å². The van der Waals surface area contributed by atoms with Crippen molar-refractivity contribution in [3.63, 3.8) is 0 Å². The second kappa shape index (κ2) is 4.09. The molecule has 0 saturated heterocycles. The van der Waals surface area contributed by atoms with Crippen molar-refractivity contribution in [3.05, 3.63) is 12.2 Å². The van der Waals surface area contributed by atoms with Crippen LogP contribution in [0.3, 0.4) is 0 Å². The zero-order valence-electron chi connectivity index (χ0n) is 6.66. The molecule has 2 heteroatoms. The van der Waals surface area contributed by atoms with E-state index in [4.69, 9.17) is 5.11 Å². The van der Waals surface area contributed by atoms with Crippen LogP contribution in [0.2, 0.25) is 0 Å². The average molecular weight is 142 g/mol. The first-order valence-electron chi connectivity index (χ1n) is 3.45. The molecular formula is C8H14O2. The Labute approximate surface area is 61.6 Å². The van der Waals surface area contributed by atoms with Gasteiger partial charge in [0.05, 0.1) is 5.92 Å². The topological polar surface area (TPSA) is 37.3 Å². The van der Waals surface area contributed by atoms with Crippen LogP contribution in [0.25, 0.3) is 0 Å². The van der Waals surface area contributed by atoms with Gasteiger partial charge in [-0.15, -0.1) is 0 Å². The largest absolute Gasteiger partial charge is 0.481 e. The van der Waals surface area contributed by atoms with Gasteiger partial charge < -0.3 is 5.11 Å². The lowest BCUT2D eigenvalue weighted by atomic mass is 9.96. The van der Waals surface area contributed by atoms with Crippen LogP contribution in [0.5, 0.6) is 0 Å². The van der Waals surface area contributed by atoms with E-state index in [-0.39, 0.29) is 11.8 Å². The third-order valence-electron chi connectivity index (χ3n) is 1.67. The molecule has 0 aromatic carbocycles. The van der Waals surface area contributed by atoms with Gasteiger partial charge in [-0.25, -0.2) is 0 Å². The molecule has 0 fully saturated rings. The van der Waals surface area contributed by atoms with E-state index in [0.717, 1.165) is 0 Å². The van der Waals surface area contributed by atoms with Gasteiger partial charge in [0.1, 0.15) is 0 Å². The average Bonchev–Trinajstić information content (AvgIpc) is 1.87. The van der Waals surface area contributed by atoms with E-state index in [1.807, 2.05) is 26.0 Å². The highest BCUT2D eigenvalue weighted by molar-refractivity contribution is 5.70. The molecule has 0 bridgehead atoms. The van der Waals surface area contributed by atoms with Gasteiger partial charge in [-0.05, 0) is 12.8 Å². The summed E-state index contributed by atoms with van der Waals surface area (Å²) in [5.74, 6) is -0.885. The first-order valence-corrected chi connectivity index (χ1v) is 3.45. The molecule has 2 nitrogen and oxygen atoms in total. The second-order valence-corrected chi connectivity index (χ2v) is 2.51. The smallest absolute Gasteiger partial charge is 0.306 e. The number of carboxylic acids is 1. The van der Waals surface area contributed by atoms with Crippen LogP contribution in [0.4, 0.5) is 0 Å². The molecule has 0 spiro atoms. The van der Waals surface area contributed by atoms with E-state index in [0.29, 0.717) is 0 Å². The standard InChI is InChI=1S/C8H14O2/c1-4-5-6(2)7(3)8(9)10/h4-7H,1-3H3,(H,9,10)/b5-4+/t6-,7-/m0/s1. The SMILES string of the molecule is C/C=C/[C@H](C)[C@H](C)C(=O)O. The Hall–Kier alpha value is -0.790. The quantitative estimate of drug-likeness (QED) is 0.611. The number of rotatable bonds is 3. The lowest BCUT2D eigenvalue weighted by Gasteiger charge is -2.09. The van der Waals surface area contributed by atoms with Crippen molar-refractivity contribution in [2.45, 2.75) is 20.8 Å². The van der Waals surface area contributed by atoms with Gasteiger partial charge in [0.15, 0.2) is 0 Å². The van der Waals surface area contributed by atoms with Crippen molar-refractivity contribution in [2.75, 3.05) is 0 Å². The summed E-state index contributed by atoms with van der Waals surface area (Å²) in [6, 6.07) is 0. The molecule has 0 aliphatic rings. The summed E-state index contributed by atoms with van der Waals surface area (Å²) in [6.07, 6.45) is 3.78. The maximum atomic E-state index is 10.4. The Morgan fingerprint density at radius 3 is 2.30 bits per heavy atom. The van der Waals surface area contributed by atoms with E-state index in [9.17, 15) is 4.79 Å². The van der Waals surface area contributed by atoms with Gasteiger partial charge in [-0.2, -0.15) is 0 Å². The number of allylic oxidation sites excluding steroid dienone is 2. The van der Waals surface area contributed by atoms with Gasteiger partial charge >= 0.3 is 5.97 Å². The normalized spacial score (nSPS) is 17.1. The summed E-state index contributed by atoms with van der Waals surface area (Å²) < 4.78 is 0. The fourth-order valence-electron chi connectivity index (χ4n) is 0.695. The monoisotopic (exact) mass is 142 g/mol. The Morgan fingerprint density at radius 1 is 1.50 bits per heavy atom. The molecule has 0 saturated carbocycles. The van der Waals surface area contributed by atoms with Crippen LogP contribution in [-0.2, 0) is 4.79 Å². The zero-order chi connectivity index (χ0) is 8.15. The van der Waals surface area contributed by atoms with E-state index in [2.05, 4.69) is 0 Å². The molecule has 0 radical (unpaired) electrons. The van der Waals surface area contributed by atoms with Gasteiger partial charge in [-0.1, -0.05) is 26.0 Å². The molecule has 0 unspecified atom stereocenters. The van der Waals surface area contributed by atoms with Crippen molar-refractivity contribution in [3.8, 4) is 0 Å². The molecule has 0 aliphatic heterocycles. The number of carboxylic acid groups (broad SMARTS) is 1. The Bertz CT molecular complexity index is 138. The van der Waals surface area contributed by atoms with Crippen molar-refractivity contribution in [1.29, 1.82) is 0 Å². The molecule has 0 aliphatic carbocycles. The minimum atomic E-state index is -0.731. The third kappa shape index (κ3) is 2.67. The summed E-state index contributed by atoms with van der Waals surface area (Å²) in [7, 11) is 0. The molecule has 10 heavy (non-hydrogen) atoms. The van der Waals surface area contributed by atoms with Crippen LogP contribution < -0.4 is 0 Å². The maximum absolute atomic E-state index is 10.4. The number of hydrogen-bond donors (Lipinski definition) is 1. The Morgan fingerprint density at radius 2 is 2.00 bits per heavy atom. The lowest BCUT2D eigenvalue weighted by molar-refractivity contribution is -0.142. The summed E-state index contributed by atoms with van der Waals surface area (Å²) >= 11 is 0. The number of aliphatic carboxylic acids is 1. The predicted octanol–water partition coefficient (Wildman–Crippen LogP) is 1.92. The van der Waals surface area contributed by atoms with Crippen molar-refractivity contribution in [1.82, 2.24) is 0 Å². The second-order valence-electron chi connectivity index (χ2n) is 2.51. The fraction of sp³-hybridized carbons (Fsp3) is 0.625. The van der Waals surface area contributed by atoms with E-state index < -0.39 is 5.97 Å². The Balaban J connectivity index is 3.93. The highest BCUT2D eigenvalue weighted by Crippen LogP contribution is 2.11. The summed E-state index contributed by atoms with van der Waals surface area (Å²) in [5.41, 5.74) is 0. The minimum absolute atomic E-state index is 0.127. The van der Waals surface area contributed by atoms with Gasteiger partial charge in [0, 0.05) is 0 Å².